The third-order valence-corrected chi connectivity index (χ3v) is 2.78. The van der Waals surface area contributed by atoms with Crippen LogP contribution in [0.5, 0.6) is 28.7 Å². The molecule has 0 bridgehead atoms. The van der Waals surface area contributed by atoms with Crippen molar-refractivity contribution in [1.29, 1.82) is 0 Å². The fourth-order valence-corrected chi connectivity index (χ4v) is 1.69. The Balaban J connectivity index is 2.21. The lowest BCUT2D eigenvalue weighted by molar-refractivity contribution is 0.0734. The van der Waals surface area contributed by atoms with Crippen LogP contribution in [0, 0.1) is 0 Å². The fraction of sp³-hybridized carbons (Fsp3) is 0.133. The lowest BCUT2D eigenvalue weighted by Gasteiger charge is -2.09. The van der Waals surface area contributed by atoms with E-state index in [1.54, 1.807) is 0 Å². The number of carbonyl (C=O) groups is 1. The van der Waals surface area contributed by atoms with E-state index in [4.69, 9.17) is 14.2 Å². The lowest BCUT2D eigenvalue weighted by atomic mass is 10.2. The first-order valence-electron chi connectivity index (χ1n) is 6.01. The minimum Gasteiger partial charge on any atom is -0.504 e. The third-order valence-electron chi connectivity index (χ3n) is 2.78. The van der Waals surface area contributed by atoms with Gasteiger partial charge in [0.25, 0.3) is 0 Å². The van der Waals surface area contributed by atoms with Gasteiger partial charge in [0.2, 0.25) is 0 Å². The van der Waals surface area contributed by atoms with Crippen LogP contribution in [-0.2, 0) is 0 Å². The van der Waals surface area contributed by atoms with Crippen molar-refractivity contribution in [2.45, 2.75) is 0 Å². The Morgan fingerprint density at radius 1 is 0.905 bits per heavy atom. The summed E-state index contributed by atoms with van der Waals surface area (Å²) in [4.78, 5) is 12.0. The highest BCUT2D eigenvalue weighted by Crippen LogP contribution is 2.31. The van der Waals surface area contributed by atoms with E-state index in [1.165, 1.54) is 50.6 Å². The van der Waals surface area contributed by atoms with Gasteiger partial charge in [-0.15, -0.1) is 0 Å². The Hall–Kier alpha value is -2.89. The maximum atomic E-state index is 12.0. The topological polar surface area (TPSA) is 85.2 Å². The average Bonchev–Trinajstić information content (AvgIpc) is 2.49. The molecule has 0 amide bonds. The van der Waals surface area contributed by atoms with Gasteiger partial charge in [0.15, 0.2) is 23.0 Å². The molecule has 2 aromatic carbocycles. The van der Waals surface area contributed by atoms with Crippen molar-refractivity contribution in [2.24, 2.45) is 0 Å². The molecule has 21 heavy (non-hydrogen) atoms. The summed E-state index contributed by atoms with van der Waals surface area (Å²) in [7, 11) is 2.78. The number of benzene rings is 2. The molecule has 0 heterocycles. The van der Waals surface area contributed by atoms with Crippen molar-refractivity contribution in [3.8, 4) is 28.7 Å². The standard InChI is InChI=1S/C15H14O6/c1-19-13-7-9(3-5-11(13)16)15(18)21-10-4-6-12(17)14(8-10)20-2/h3-8,16-17H,1-2H3. The quantitative estimate of drug-likeness (QED) is 0.664. The Morgan fingerprint density at radius 2 is 1.48 bits per heavy atom. The number of aromatic hydroxyl groups is 2. The minimum absolute atomic E-state index is 0.0522. The number of hydrogen-bond acceptors (Lipinski definition) is 6. The second-order valence-electron chi connectivity index (χ2n) is 4.11. The maximum Gasteiger partial charge on any atom is 0.343 e. The molecule has 0 unspecified atom stereocenters. The van der Waals surface area contributed by atoms with Gasteiger partial charge < -0.3 is 24.4 Å². The molecule has 110 valence electrons. The van der Waals surface area contributed by atoms with Crippen molar-refractivity contribution in [3.05, 3.63) is 42.0 Å². The highest BCUT2D eigenvalue weighted by atomic mass is 16.5. The van der Waals surface area contributed by atoms with Crippen LogP contribution in [0.15, 0.2) is 36.4 Å². The smallest absolute Gasteiger partial charge is 0.343 e. The average molecular weight is 290 g/mol. The Bertz CT molecular complexity index is 665. The largest absolute Gasteiger partial charge is 0.504 e. The Kier molecular flexibility index (Phi) is 4.18. The molecule has 0 atom stereocenters. The summed E-state index contributed by atoms with van der Waals surface area (Å²) in [6.07, 6.45) is 0. The molecular weight excluding hydrogens is 276 g/mol. The maximum absolute atomic E-state index is 12.0. The second kappa shape index (κ2) is 6.04. The summed E-state index contributed by atoms with van der Waals surface area (Å²) in [5, 5.41) is 19.0. The van der Waals surface area contributed by atoms with Crippen LogP contribution >= 0.6 is 0 Å². The lowest BCUT2D eigenvalue weighted by Crippen LogP contribution is -2.08. The van der Waals surface area contributed by atoms with Crippen LogP contribution in [0.4, 0.5) is 0 Å². The van der Waals surface area contributed by atoms with Crippen LogP contribution in [-0.4, -0.2) is 30.4 Å². The molecule has 6 nitrogen and oxygen atoms in total. The predicted octanol–water partition coefficient (Wildman–Crippen LogP) is 2.33. The number of methoxy groups -OCH3 is 2. The van der Waals surface area contributed by atoms with Gasteiger partial charge in [-0.25, -0.2) is 4.79 Å². The van der Waals surface area contributed by atoms with Crippen molar-refractivity contribution in [3.63, 3.8) is 0 Å². The highest BCUT2D eigenvalue weighted by molar-refractivity contribution is 5.91. The van der Waals surface area contributed by atoms with Crippen LogP contribution in [0.1, 0.15) is 10.4 Å². The van der Waals surface area contributed by atoms with Gasteiger partial charge >= 0.3 is 5.97 Å². The summed E-state index contributed by atoms with van der Waals surface area (Å²) in [5.41, 5.74) is 0.219. The predicted molar refractivity (Wildman–Crippen MR) is 74.3 cm³/mol. The first-order chi connectivity index (χ1) is 10.0. The molecule has 0 fully saturated rings. The number of phenols is 2. The second-order valence-corrected chi connectivity index (χ2v) is 4.11. The van der Waals surface area contributed by atoms with E-state index in [9.17, 15) is 15.0 Å². The molecule has 0 aliphatic rings. The molecule has 2 aromatic rings. The first kappa shape index (κ1) is 14.5. The van der Waals surface area contributed by atoms with E-state index < -0.39 is 5.97 Å². The summed E-state index contributed by atoms with van der Waals surface area (Å²) in [6.45, 7) is 0. The number of rotatable bonds is 4. The Morgan fingerprint density at radius 3 is 2.10 bits per heavy atom. The molecule has 0 saturated carbocycles. The van der Waals surface area contributed by atoms with E-state index in [1.807, 2.05) is 0 Å². The van der Waals surface area contributed by atoms with E-state index in [0.29, 0.717) is 0 Å². The summed E-state index contributed by atoms with van der Waals surface area (Å²) >= 11 is 0. The zero-order chi connectivity index (χ0) is 15.4. The van der Waals surface area contributed by atoms with Crippen LogP contribution in [0.25, 0.3) is 0 Å². The molecule has 6 heteroatoms. The van der Waals surface area contributed by atoms with Gasteiger partial charge in [0, 0.05) is 6.07 Å². The van der Waals surface area contributed by atoms with Crippen molar-refractivity contribution < 1.29 is 29.2 Å². The van der Waals surface area contributed by atoms with E-state index in [-0.39, 0.29) is 34.3 Å². The molecule has 0 aliphatic carbocycles. The van der Waals surface area contributed by atoms with Gasteiger partial charge in [-0.2, -0.15) is 0 Å². The van der Waals surface area contributed by atoms with Gasteiger partial charge in [-0.05, 0) is 30.3 Å². The molecule has 0 aliphatic heterocycles. The highest BCUT2D eigenvalue weighted by Gasteiger charge is 2.13. The number of hydrogen-bond donors (Lipinski definition) is 2. The van der Waals surface area contributed by atoms with Crippen molar-refractivity contribution in [1.82, 2.24) is 0 Å². The van der Waals surface area contributed by atoms with Crippen LogP contribution < -0.4 is 14.2 Å². The first-order valence-corrected chi connectivity index (χ1v) is 6.01. The molecule has 0 aromatic heterocycles. The zero-order valence-corrected chi connectivity index (χ0v) is 11.5. The fourth-order valence-electron chi connectivity index (χ4n) is 1.69. The monoisotopic (exact) mass is 290 g/mol. The molecular formula is C15H14O6. The van der Waals surface area contributed by atoms with Crippen LogP contribution in [0.2, 0.25) is 0 Å². The number of ether oxygens (including phenoxy) is 3. The Labute approximate surface area is 121 Å². The number of phenolic OH excluding ortho intramolecular Hbond substituents is 2. The van der Waals surface area contributed by atoms with Crippen molar-refractivity contribution in [2.75, 3.05) is 14.2 Å². The van der Waals surface area contributed by atoms with Crippen LogP contribution in [0.3, 0.4) is 0 Å². The van der Waals surface area contributed by atoms with E-state index in [2.05, 4.69) is 0 Å². The van der Waals surface area contributed by atoms with Gasteiger partial charge in [-0.1, -0.05) is 0 Å². The molecule has 0 saturated heterocycles. The molecule has 0 spiro atoms. The minimum atomic E-state index is -0.624. The summed E-state index contributed by atoms with van der Waals surface area (Å²) in [6, 6.07) is 8.32. The SMILES string of the molecule is COc1cc(OC(=O)c2ccc(O)c(OC)c2)ccc1O. The molecule has 2 rings (SSSR count). The van der Waals surface area contributed by atoms with E-state index >= 15 is 0 Å². The van der Waals surface area contributed by atoms with Gasteiger partial charge in [0.1, 0.15) is 5.75 Å². The van der Waals surface area contributed by atoms with E-state index in [0.717, 1.165) is 0 Å². The summed E-state index contributed by atoms with van der Waals surface area (Å²) < 4.78 is 15.0. The molecule has 0 radical (unpaired) electrons. The number of esters is 1. The summed E-state index contributed by atoms with van der Waals surface area (Å²) in [5.74, 6) is -0.150. The normalized spacial score (nSPS) is 10.0. The van der Waals surface area contributed by atoms with Gasteiger partial charge in [0.05, 0.1) is 19.8 Å². The third kappa shape index (κ3) is 3.17. The van der Waals surface area contributed by atoms with Gasteiger partial charge in [-0.3, -0.25) is 0 Å². The molecule has 2 N–H and O–H groups in total. The number of carbonyl (C=O) groups excluding carboxylic acids is 1. The van der Waals surface area contributed by atoms with Crippen molar-refractivity contribution >= 4 is 5.97 Å². The zero-order valence-electron chi connectivity index (χ0n) is 11.5.